The minimum Gasteiger partial charge on any atom is -0.301 e. The zero-order valence-corrected chi connectivity index (χ0v) is 13.8. The van der Waals surface area contributed by atoms with Gasteiger partial charge in [-0.25, -0.2) is 0 Å². The van der Waals surface area contributed by atoms with Crippen LogP contribution in [0.1, 0.15) is 59.8 Å². The summed E-state index contributed by atoms with van der Waals surface area (Å²) in [7, 11) is 0. The molecule has 1 atom stereocenters. The fraction of sp³-hybridized carbons (Fsp3) is 1.00. The predicted molar refractivity (Wildman–Crippen MR) is 85.6 cm³/mol. The Bertz CT molecular complexity index is 207. The summed E-state index contributed by atoms with van der Waals surface area (Å²) in [5.74, 6) is 1.78. The molecule has 114 valence electrons. The second-order valence-electron chi connectivity index (χ2n) is 6.88. The van der Waals surface area contributed by atoms with E-state index in [9.17, 15) is 0 Å². The van der Waals surface area contributed by atoms with E-state index < -0.39 is 0 Å². The molecule has 0 saturated carbocycles. The quantitative estimate of drug-likeness (QED) is 0.626. The number of piperazine rings is 1. The molecule has 2 nitrogen and oxygen atoms in total. The Labute approximate surface area is 121 Å². The summed E-state index contributed by atoms with van der Waals surface area (Å²) in [6.45, 7) is 17.2. The highest BCUT2D eigenvalue weighted by Gasteiger charge is 2.16. The molecule has 1 aliphatic rings. The van der Waals surface area contributed by atoms with E-state index in [1.807, 2.05) is 0 Å². The van der Waals surface area contributed by atoms with Crippen LogP contribution in [0.3, 0.4) is 0 Å². The first-order valence-electron chi connectivity index (χ1n) is 8.56. The van der Waals surface area contributed by atoms with Crippen molar-refractivity contribution >= 4 is 0 Å². The van der Waals surface area contributed by atoms with Gasteiger partial charge in [0.05, 0.1) is 0 Å². The minimum absolute atomic E-state index is 0.863. The Morgan fingerprint density at radius 2 is 1.26 bits per heavy atom. The van der Waals surface area contributed by atoms with Crippen molar-refractivity contribution in [2.75, 3.05) is 39.3 Å². The van der Waals surface area contributed by atoms with Crippen LogP contribution in [-0.4, -0.2) is 49.1 Å². The molecule has 1 fully saturated rings. The molecule has 1 unspecified atom stereocenters. The maximum atomic E-state index is 2.67. The topological polar surface area (TPSA) is 6.48 Å². The molecular formula is C17H36N2. The molecule has 0 amide bonds. The van der Waals surface area contributed by atoms with Crippen LogP contribution in [0.25, 0.3) is 0 Å². The Kier molecular flexibility index (Phi) is 8.72. The van der Waals surface area contributed by atoms with E-state index in [-0.39, 0.29) is 0 Å². The van der Waals surface area contributed by atoms with Crippen molar-refractivity contribution in [3.8, 4) is 0 Å². The highest BCUT2D eigenvalue weighted by atomic mass is 15.3. The van der Waals surface area contributed by atoms with Crippen molar-refractivity contribution in [3.05, 3.63) is 0 Å². The van der Waals surface area contributed by atoms with Crippen molar-refractivity contribution in [1.29, 1.82) is 0 Å². The lowest BCUT2D eigenvalue weighted by Gasteiger charge is -2.35. The first kappa shape index (κ1) is 17.0. The summed E-state index contributed by atoms with van der Waals surface area (Å²) >= 11 is 0. The third-order valence-electron chi connectivity index (χ3n) is 4.59. The van der Waals surface area contributed by atoms with Gasteiger partial charge in [0.1, 0.15) is 0 Å². The van der Waals surface area contributed by atoms with Crippen LogP contribution in [0, 0.1) is 11.8 Å². The molecule has 0 spiro atoms. The lowest BCUT2D eigenvalue weighted by atomic mass is 10.0. The lowest BCUT2D eigenvalue weighted by molar-refractivity contribution is 0.127. The van der Waals surface area contributed by atoms with Crippen LogP contribution < -0.4 is 0 Å². The largest absolute Gasteiger partial charge is 0.301 e. The Balaban J connectivity index is 2.02. The summed E-state index contributed by atoms with van der Waals surface area (Å²) in [5, 5.41) is 0. The predicted octanol–water partition coefficient (Wildman–Crippen LogP) is 3.87. The van der Waals surface area contributed by atoms with Crippen molar-refractivity contribution in [3.63, 3.8) is 0 Å². The summed E-state index contributed by atoms with van der Waals surface area (Å²) in [6, 6.07) is 0. The van der Waals surface area contributed by atoms with Gasteiger partial charge in [-0.2, -0.15) is 0 Å². The molecule has 2 heteroatoms. The van der Waals surface area contributed by atoms with Crippen molar-refractivity contribution in [2.24, 2.45) is 11.8 Å². The Morgan fingerprint density at radius 1 is 0.789 bits per heavy atom. The molecular weight excluding hydrogens is 232 g/mol. The average Bonchev–Trinajstić information content (AvgIpc) is 2.40. The third kappa shape index (κ3) is 7.94. The van der Waals surface area contributed by atoms with Gasteiger partial charge in [0.25, 0.3) is 0 Å². The Morgan fingerprint density at radius 3 is 1.68 bits per heavy atom. The fourth-order valence-corrected chi connectivity index (χ4v) is 2.83. The van der Waals surface area contributed by atoms with E-state index in [1.54, 1.807) is 0 Å². The van der Waals surface area contributed by atoms with E-state index in [1.165, 1.54) is 71.4 Å². The molecule has 0 aromatic rings. The smallest absolute Gasteiger partial charge is 0.0110 e. The van der Waals surface area contributed by atoms with E-state index in [0.717, 1.165) is 11.8 Å². The molecule has 0 aromatic carbocycles. The van der Waals surface area contributed by atoms with Gasteiger partial charge in [0.2, 0.25) is 0 Å². The molecule has 1 saturated heterocycles. The van der Waals surface area contributed by atoms with Crippen LogP contribution in [0.5, 0.6) is 0 Å². The van der Waals surface area contributed by atoms with E-state index in [0.29, 0.717) is 0 Å². The summed E-state index contributed by atoms with van der Waals surface area (Å²) in [5.41, 5.74) is 0. The summed E-state index contributed by atoms with van der Waals surface area (Å²) < 4.78 is 0. The number of hydrogen-bond donors (Lipinski definition) is 0. The number of nitrogens with zero attached hydrogens (tertiary/aromatic N) is 2. The zero-order chi connectivity index (χ0) is 14.1. The van der Waals surface area contributed by atoms with E-state index in [4.69, 9.17) is 0 Å². The summed E-state index contributed by atoms with van der Waals surface area (Å²) in [6.07, 6.45) is 6.90. The van der Waals surface area contributed by atoms with Gasteiger partial charge in [0.15, 0.2) is 0 Å². The minimum atomic E-state index is 0.863. The maximum absolute atomic E-state index is 2.67. The normalized spacial score (nSPS) is 20.1. The molecule has 0 N–H and O–H groups in total. The van der Waals surface area contributed by atoms with Crippen LogP contribution in [0.15, 0.2) is 0 Å². The van der Waals surface area contributed by atoms with E-state index >= 15 is 0 Å². The number of rotatable bonds is 9. The molecule has 1 aliphatic heterocycles. The highest BCUT2D eigenvalue weighted by Crippen LogP contribution is 2.12. The molecule has 0 aromatic heterocycles. The van der Waals surface area contributed by atoms with Gasteiger partial charge >= 0.3 is 0 Å². The second kappa shape index (κ2) is 9.77. The molecule has 0 bridgehead atoms. The zero-order valence-electron chi connectivity index (χ0n) is 13.8. The molecule has 0 aliphatic carbocycles. The average molecular weight is 268 g/mol. The van der Waals surface area contributed by atoms with Crippen LogP contribution in [0.4, 0.5) is 0 Å². The van der Waals surface area contributed by atoms with Gasteiger partial charge < -0.3 is 9.80 Å². The second-order valence-corrected chi connectivity index (χ2v) is 6.88. The van der Waals surface area contributed by atoms with Crippen LogP contribution in [-0.2, 0) is 0 Å². The van der Waals surface area contributed by atoms with Gasteiger partial charge in [-0.3, -0.25) is 0 Å². The van der Waals surface area contributed by atoms with Crippen molar-refractivity contribution < 1.29 is 0 Å². The van der Waals surface area contributed by atoms with Crippen LogP contribution in [0.2, 0.25) is 0 Å². The van der Waals surface area contributed by atoms with Gasteiger partial charge in [0, 0.05) is 26.2 Å². The number of hydrogen-bond acceptors (Lipinski definition) is 2. The van der Waals surface area contributed by atoms with E-state index in [2.05, 4.69) is 37.5 Å². The lowest BCUT2D eigenvalue weighted by Crippen LogP contribution is -2.46. The van der Waals surface area contributed by atoms with Gasteiger partial charge in [-0.1, -0.05) is 34.1 Å². The van der Waals surface area contributed by atoms with Crippen molar-refractivity contribution in [2.45, 2.75) is 59.8 Å². The SMILES string of the molecule is CCC(C)CCCN1CCN(CCCC(C)C)CC1. The molecule has 19 heavy (non-hydrogen) atoms. The standard InChI is InChI=1S/C17H36N2/c1-5-17(4)9-7-11-19-14-12-18(13-15-19)10-6-8-16(2)3/h16-17H,5-15H2,1-4H3. The summed E-state index contributed by atoms with van der Waals surface area (Å²) in [4.78, 5) is 5.33. The monoisotopic (exact) mass is 268 g/mol. The van der Waals surface area contributed by atoms with Gasteiger partial charge in [-0.05, 0) is 50.6 Å². The first-order chi connectivity index (χ1) is 9.11. The molecule has 0 radical (unpaired) electrons. The highest BCUT2D eigenvalue weighted by molar-refractivity contribution is 4.72. The van der Waals surface area contributed by atoms with Crippen molar-refractivity contribution in [1.82, 2.24) is 9.80 Å². The molecule has 1 heterocycles. The molecule has 1 rings (SSSR count). The van der Waals surface area contributed by atoms with Gasteiger partial charge in [-0.15, -0.1) is 0 Å². The maximum Gasteiger partial charge on any atom is 0.0110 e. The first-order valence-corrected chi connectivity index (χ1v) is 8.56. The van der Waals surface area contributed by atoms with Crippen LogP contribution >= 0.6 is 0 Å². The third-order valence-corrected chi connectivity index (χ3v) is 4.59. The fourth-order valence-electron chi connectivity index (χ4n) is 2.83. The Hall–Kier alpha value is -0.0800.